The number of aliphatic carboxylic acids is 1. The van der Waals surface area contributed by atoms with Crippen molar-refractivity contribution in [2.24, 2.45) is 0 Å². The molecule has 0 aliphatic heterocycles. The number of carboxylic acids is 1. The highest BCUT2D eigenvalue weighted by Crippen LogP contribution is 2.18. The predicted octanol–water partition coefficient (Wildman–Crippen LogP) is 2.82. The highest BCUT2D eigenvalue weighted by molar-refractivity contribution is 6.30. The van der Waals surface area contributed by atoms with Gasteiger partial charge in [-0.3, -0.25) is 4.79 Å². The zero-order valence-electron chi connectivity index (χ0n) is 13.1. The minimum absolute atomic E-state index is 0.276. The van der Waals surface area contributed by atoms with E-state index in [1.54, 1.807) is 42.8 Å². The second kappa shape index (κ2) is 6.42. The van der Waals surface area contributed by atoms with Crippen molar-refractivity contribution >= 4 is 23.5 Å². The van der Waals surface area contributed by atoms with Crippen LogP contribution in [0.25, 0.3) is 5.69 Å². The van der Waals surface area contributed by atoms with Crippen LogP contribution in [0.15, 0.2) is 30.5 Å². The van der Waals surface area contributed by atoms with Crippen LogP contribution in [-0.4, -0.2) is 32.3 Å². The van der Waals surface area contributed by atoms with Crippen molar-refractivity contribution in [2.45, 2.75) is 32.7 Å². The lowest BCUT2D eigenvalue weighted by Crippen LogP contribution is -2.51. The first kappa shape index (κ1) is 17.0. The Morgan fingerprint density at radius 2 is 1.96 bits per heavy atom. The Hall–Kier alpha value is -2.34. The molecule has 7 heteroatoms. The molecule has 2 rings (SSSR count). The lowest BCUT2D eigenvalue weighted by atomic mass is 9.98. The predicted molar refractivity (Wildman–Crippen MR) is 87.1 cm³/mol. The number of amides is 1. The second-order valence-corrected chi connectivity index (χ2v) is 5.91. The van der Waals surface area contributed by atoms with Crippen LogP contribution >= 0.6 is 11.6 Å². The molecule has 0 aliphatic rings. The lowest BCUT2D eigenvalue weighted by molar-refractivity contribution is -0.143. The number of benzene rings is 1. The summed E-state index contributed by atoms with van der Waals surface area (Å²) in [5.41, 5.74) is 0.406. The van der Waals surface area contributed by atoms with Crippen molar-refractivity contribution in [3.05, 3.63) is 46.7 Å². The summed E-state index contributed by atoms with van der Waals surface area (Å²) < 4.78 is 1.61. The van der Waals surface area contributed by atoms with Crippen molar-refractivity contribution in [1.29, 1.82) is 0 Å². The molecule has 6 nitrogen and oxygen atoms in total. The summed E-state index contributed by atoms with van der Waals surface area (Å²) in [6.45, 7) is 4.94. The Morgan fingerprint density at radius 1 is 1.35 bits per heavy atom. The highest BCUT2D eigenvalue weighted by Gasteiger charge is 2.33. The number of nitrogens with zero attached hydrogens (tertiary/aromatic N) is 2. The van der Waals surface area contributed by atoms with Crippen molar-refractivity contribution in [1.82, 2.24) is 15.1 Å². The number of carbonyl (C=O) groups excluding carboxylic acids is 1. The molecule has 1 unspecified atom stereocenters. The Balaban J connectivity index is 2.30. The van der Waals surface area contributed by atoms with Gasteiger partial charge in [0.25, 0.3) is 5.91 Å². The van der Waals surface area contributed by atoms with Crippen molar-refractivity contribution < 1.29 is 14.7 Å². The largest absolute Gasteiger partial charge is 0.480 e. The molecule has 0 radical (unpaired) electrons. The maximum absolute atomic E-state index is 12.4. The molecular weight excluding hydrogens is 318 g/mol. The van der Waals surface area contributed by atoms with Gasteiger partial charge < -0.3 is 10.4 Å². The van der Waals surface area contributed by atoms with E-state index in [1.165, 1.54) is 13.1 Å². The molecule has 1 aromatic carbocycles. The lowest BCUT2D eigenvalue weighted by Gasteiger charge is -2.24. The molecule has 0 aliphatic carbocycles. The molecule has 1 amide bonds. The summed E-state index contributed by atoms with van der Waals surface area (Å²) in [5.74, 6) is -1.54. The van der Waals surface area contributed by atoms with Crippen LogP contribution in [0, 0.1) is 6.92 Å². The van der Waals surface area contributed by atoms with Gasteiger partial charge >= 0.3 is 5.97 Å². The number of rotatable bonds is 5. The number of halogens is 1. The van der Waals surface area contributed by atoms with E-state index in [9.17, 15) is 14.7 Å². The van der Waals surface area contributed by atoms with Crippen LogP contribution in [0.5, 0.6) is 0 Å². The summed E-state index contributed by atoms with van der Waals surface area (Å²) in [5, 5.41) is 16.6. The quantitative estimate of drug-likeness (QED) is 0.880. The average Bonchev–Trinajstić information content (AvgIpc) is 2.89. The van der Waals surface area contributed by atoms with Gasteiger partial charge in [0.1, 0.15) is 5.54 Å². The van der Waals surface area contributed by atoms with E-state index in [0.717, 1.165) is 5.69 Å². The molecule has 0 spiro atoms. The SMILES string of the molecule is CCC(C)(NC(=O)c1cnn(-c2ccc(Cl)cc2)c1C)C(=O)O. The van der Waals surface area contributed by atoms with Crippen LogP contribution in [0.2, 0.25) is 5.02 Å². The number of carbonyl (C=O) groups is 2. The van der Waals surface area contributed by atoms with Crippen LogP contribution in [-0.2, 0) is 4.79 Å². The number of nitrogens with one attached hydrogen (secondary N) is 1. The van der Waals surface area contributed by atoms with Gasteiger partial charge in [0, 0.05) is 5.02 Å². The standard InChI is InChI=1S/C16H18ClN3O3/c1-4-16(3,15(22)23)19-14(21)13-9-18-20(10(13)2)12-7-5-11(17)6-8-12/h5-9H,4H2,1-3H3,(H,19,21)(H,22,23). The first-order chi connectivity index (χ1) is 10.8. The van der Waals surface area contributed by atoms with E-state index in [4.69, 9.17) is 11.6 Å². The van der Waals surface area contributed by atoms with Gasteiger partial charge in [0.15, 0.2) is 0 Å². The van der Waals surface area contributed by atoms with Crippen LogP contribution < -0.4 is 5.32 Å². The van der Waals surface area contributed by atoms with E-state index in [-0.39, 0.29) is 6.42 Å². The van der Waals surface area contributed by atoms with Gasteiger partial charge in [-0.15, -0.1) is 0 Å². The molecule has 0 saturated carbocycles. The Bertz CT molecular complexity index is 740. The molecule has 2 aromatic rings. The normalized spacial score (nSPS) is 13.4. The summed E-state index contributed by atoms with van der Waals surface area (Å²) >= 11 is 5.86. The Kier molecular flexibility index (Phi) is 4.75. The number of aromatic nitrogens is 2. The molecule has 1 aromatic heterocycles. The molecule has 122 valence electrons. The van der Waals surface area contributed by atoms with Gasteiger partial charge in [0.05, 0.1) is 23.1 Å². The number of carboxylic acid groups (broad SMARTS) is 1. The summed E-state index contributed by atoms with van der Waals surface area (Å²) in [4.78, 5) is 23.7. The van der Waals surface area contributed by atoms with E-state index in [1.807, 2.05) is 0 Å². The fourth-order valence-electron chi connectivity index (χ4n) is 2.09. The van der Waals surface area contributed by atoms with Gasteiger partial charge in [-0.1, -0.05) is 18.5 Å². The molecule has 1 atom stereocenters. The monoisotopic (exact) mass is 335 g/mol. The van der Waals surface area contributed by atoms with E-state index < -0.39 is 17.4 Å². The first-order valence-corrected chi connectivity index (χ1v) is 7.52. The molecule has 0 bridgehead atoms. The minimum Gasteiger partial charge on any atom is -0.480 e. The molecule has 0 fully saturated rings. The maximum atomic E-state index is 12.4. The van der Waals surface area contributed by atoms with E-state index in [0.29, 0.717) is 16.3 Å². The topological polar surface area (TPSA) is 84.2 Å². The summed E-state index contributed by atoms with van der Waals surface area (Å²) in [7, 11) is 0. The van der Waals surface area contributed by atoms with Gasteiger partial charge in [0.2, 0.25) is 0 Å². The molecule has 2 N–H and O–H groups in total. The fourth-order valence-corrected chi connectivity index (χ4v) is 2.21. The van der Waals surface area contributed by atoms with Gasteiger partial charge in [-0.05, 0) is 44.5 Å². The molecule has 0 saturated heterocycles. The molecule has 23 heavy (non-hydrogen) atoms. The second-order valence-electron chi connectivity index (χ2n) is 5.48. The van der Waals surface area contributed by atoms with Gasteiger partial charge in [-0.2, -0.15) is 5.10 Å². The van der Waals surface area contributed by atoms with Crippen LogP contribution in [0.3, 0.4) is 0 Å². The summed E-state index contributed by atoms with van der Waals surface area (Å²) in [6.07, 6.45) is 1.70. The Morgan fingerprint density at radius 3 is 2.48 bits per heavy atom. The zero-order valence-corrected chi connectivity index (χ0v) is 13.9. The highest BCUT2D eigenvalue weighted by atomic mass is 35.5. The Labute approximate surface area is 139 Å². The first-order valence-electron chi connectivity index (χ1n) is 7.15. The zero-order chi connectivity index (χ0) is 17.2. The molecular formula is C16H18ClN3O3. The smallest absolute Gasteiger partial charge is 0.329 e. The average molecular weight is 336 g/mol. The van der Waals surface area contributed by atoms with Crippen LogP contribution in [0.4, 0.5) is 0 Å². The van der Waals surface area contributed by atoms with Crippen molar-refractivity contribution in [2.75, 3.05) is 0 Å². The van der Waals surface area contributed by atoms with Crippen molar-refractivity contribution in [3.8, 4) is 5.69 Å². The van der Waals surface area contributed by atoms with Crippen molar-refractivity contribution in [3.63, 3.8) is 0 Å². The van der Waals surface area contributed by atoms with Gasteiger partial charge in [-0.25, -0.2) is 9.48 Å². The minimum atomic E-state index is -1.31. The maximum Gasteiger partial charge on any atom is 0.329 e. The van der Waals surface area contributed by atoms with E-state index >= 15 is 0 Å². The third-order valence-corrected chi connectivity index (χ3v) is 4.15. The summed E-state index contributed by atoms with van der Waals surface area (Å²) in [6, 6.07) is 7.04. The molecule has 1 heterocycles. The third kappa shape index (κ3) is 3.37. The third-order valence-electron chi connectivity index (χ3n) is 3.89. The number of hydrogen-bond donors (Lipinski definition) is 2. The van der Waals surface area contributed by atoms with E-state index in [2.05, 4.69) is 10.4 Å². The van der Waals surface area contributed by atoms with Crippen LogP contribution in [0.1, 0.15) is 36.3 Å². The number of hydrogen-bond acceptors (Lipinski definition) is 3. The fraction of sp³-hybridized carbons (Fsp3) is 0.312.